The van der Waals surface area contributed by atoms with E-state index in [4.69, 9.17) is 11.6 Å². The van der Waals surface area contributed by atoms with Crippen LogP contribution >= 0.6 is 11.6 Å². The molecule has 0 radical (unpaired) electrons. The molecule has 4 nitrogen and oxygen atoms in total. The maximum atomic E-state index is 13.7. The molecular weight excluding hydrogens is 398 g/mol. The monoisotopic (exact) mass is 413 g/mol. The highest BCUT2D eigenvalue weighted by Crippen LogP contribution is 2.63. The van der Waals surface area contributed by atoms with Gasteiger partial charge in [-0.15, -0.1) is 0 Å². The van der Waals surface area contributed by atoms with Crippen molar-refractivity contribution in [2.75, 3.05) is 4.90 Å². The average Bonchev–Trinajstić information content (AvgIpc) is 3.05. The molecule has 1 heterocycles. The van der Waals surface area contributed by atoms with Crippen molar-refractivity contribution in [3.63, 3.8) is 0 Å². The van der Waals surface area contributed by atoms with Crippen molar-refractivity contribution in [1.82, 2.24) is 0 Å². The molecule has 0 unspecified atom stereocenters. The number of rotatable bonds is 2. The summed E-state index contributed by atoms with van der Waals surface area (Å²) in [5, 5.41) is 0.447. The Morgan fingerprint density at radius 3 is 2.07 bits per heavy atom. The number of nitrogens with zero attached hydrogens (tertiary/aromatic N) is 1. The van der Waals surface area contributed by atoms with E-state index in [1.165, 1.54) is 4.90 Å². The standard InChI is InChI=1S/C25H16ClNO3/c26-14-6-5-7-15(12-14)27-23(29)21-20-16-8-1-3-10-18(16)25(13-28,22(21)24(27)30)19-11-4-2-9-17(19)20/h1-13,20-22H/t20?,21-,22-,25?/m1/s1. The van der Waals surface area contributed by atoms with Gasteiger partial charge in [-0.1, -0.05) is 66.2 Å². The minimum Gasteiger partial charge on any atom is -0.302 e. The first-order valence-corrected chi connectivity index (χ1v) is 10.3. The minimum atomic E-state index is -1.17. The molecule has 0 N–H and O–H groups in total. The molecular formula is C25H16ClNO3. The lowest BCUT2D eigenvalue weighted by molar-refractivity contribution is -0.128. The fourth-order valence-corrected chi connectivity index (χ4v) is 6.08. The molecule has 1 aliphatic heterocycles. The van der Waals surface area contributed by atoms with Gasteiger partial charge >= 0.3 is 0 Å². The van der Waals surface area contributed by atoms with Crippen molar-refractivity contribution in [3.05, 3.63) is 100 Å². The van der Waals surface area contributed by atoms with E-state index in [-0.39, 0.29) is 17.7 Å². The summed E-state index contributed by atoms with van der Waals surface area (Å²) in [6, 6.07) is 22.1. The third kappa shape index (κ3) is 1.90. The third-order valence-corrected chi connectivity index (χ3v) is 7.17. The van der Waals surface area contributed by atoms with E-state index in [9.17, 15) is 14.4 Å². The molecule has 30 heavy (non-hydrogen) atoms. The van der Waals surface area contributed by atoms with Crippen LogP contribution < -0.4 is 4.90 Å². The predicted molar refractivity (Wildman–Crippen MR) is 112 cm³/mol. The largest absolute Gasteiger partial charge is 0.302 e. The molecule has 1 fully saturated rings. The number of amides is 2. The van der Waals surface area contributed by atoms with Gasteiger partial charge in [0, 0.05) is 10.9 Å². The number of carbonyl (C=O) groups excluding carboxylic acids is 3. The van der Waals surface area contributed by atoms with Crippen LogP contribution in [0.2, 0.25) is 5.02 Å². The fraction of sp³-hybridized carbons (Fsp3) is 0.160. The zero-order valence-corrected chi connectivity index (χ0v) is 16.5. The van der Waals surface area contributed by atoms with Crippen LogP contribution in [0.15, 0.2) is 72.8 Å². The molecule has 3 aliphatic carbocycles. The van der Waals surface area contributed by atoms with Gasteiger partial charge in [-0.3, -0.25) is 9.59 Å². The Morgan fingerprint density at radius 1 is 0.833 bits per heavy atom. The number of halogens is 1. The van der Waals surface area contributed by atoms with Gasteiger partial charge in [-0.2, -0.15) is 0 Å². The van der Waals surface area contributed by atoms with Crippen LogP contribution in [-0.4, -0.2) is 18.1 Å². The maximum absolute atomic E-state index is 13.7. The highest BCUT2D eigenvalue weighted by molar-refractivity contribution is 6.31. The Morgan fingerprint density at radius 2 is 1.47 bits per heavy atom. The number of carbonyl (C=O) groups is 3. The summed E-state index contributed by atoms with van der Waals surface area (Å²) in [6.07, 6.45) is 0.879. The SMILES string of the molecule is O=CC12c3ccccc3C(c3ccccc31)[C@H]1C(=O)N(c3cccc(Cl)c3)C(=O)[C@@H]12. The normalized spacial score (nSPS) is 28.2. The van der Waals surface area contributed by atoms with Crippen LogP contribution in [0.1, 0.15) is 28.2 Å². The molecule has 0 spiro atoms. The van der Waals surface area contributed by atoms with Gasteiger partial charge in [-0.25, -0.2) is 4.90 Å². The Kier molecular flexibility index (Phi) is 3.46. The van der Waals surface area contributed by atoms with Gasteiger partial charge < -0.3 is 4.79 Å². The third-order valence-electron chi connectivity index (χ3n) is 6.94. The molecule has 0 aromatic heterocycles. The van der Waals surface area contributed by atoms with Crippen molar-refractivity contribution >= 4 is 35.4 Å². The zero-order chi connectivity index (χ0) is 20.6. The van der Waals surface area contributed by atoms with Crippen LogP contribution in [0.4, 0.5) is 5.69 Å². The Labute approximate surface area is 178 Å². The van der Waals surface area contributed by atoms with E-state index >= 15 is 0 Å². The Bertz CT molecular complexity index is 1220. The van der Waals surface area contributed by atoms with E-state index in [0.717, 1.165) is 28.5 Å². The second kappa shape index (κ2) is 5.89. The van der Waals surface area contributed by atoms with Crippen molar-refractivity contribution in [3.8, 4) is 0 Å². The molecule has 3 aromatic rings. The fourth-order valence-electron chi connectivity index (χ4n) is 5.90. The molecule has 2 amide bonds. The Hall–Kier alpha value is -3.24. The number of benzene rings is 3. The first-order valence-electron chi connectivity index (χ1n) is 9.88. The number of anilines is 1. The number of hydrogen-bond acceptors (Lipinski definition) is 3. The highest BCUT2D eigenvalue weighted by atomic mass is 35.5. The number of imide groups is 1. The van der Waals surface area contributed by atoms with Gasteiger partial charge in [0.25, 0.3) is 0 Å². The summed E-state index contributed by atoms with van der Waals surface area (Å²) in [7, 11) is 0. The van der Waals surface area contributed by atoms with E-state index < -0.39 is 17.3 Å². The van der Waals surface area contributed by atoms with Gasteiger partial charge in [-0.05, 0) is 40.5 Å². The van der Waals surface area contributed by atoms with Crippen molar-refractivity contribution in [1.29, 1.82) is 0 Å². The number of aldehydes is 1. The van der Waals surface area contributed by atoms with Crippen molar-refractivity contribution in [2.45, 2.75) is 11.3 Å². The molecule has 1 saturated heterocycles. The lowest BCUT2D eigenvalue weighted by atomic mass is 9.48. The summed E-state index contributed by atoms with van der Waals surface area (Å²) < 4.78 is 0. The summed E-state index contributed by atoms with van der Waals surface area (Å²) in [5.41, 5.74) is 2.85. The molecule has 2 atom stereocenters. The molecule has 4 aliphatic rings. The second-order valence-electron chi connectivity index (χ2n) is 8.13. The van der Waals surface area contributed by atoms with E-state index in [1.54, 1.807) is 24.3 Å². The molecule has 146 valence electrons. The lowest BCUT2D eigenvalue weighted by Crippen LogP contribution is -2.54. The van der Waals surface area contributed by atoms with Gasteiger partial charge in [0.15, 0.2) is 0 Å². The zero-order valence-electron chi connectivity index (χ0n) is 15.8. The van der Waals surface area contributed by atoms with Gasteiger partial charge in [0.1, 0.15) is 6.29 Å². The van der Waals surface area contributed by atoms with Crippen molar-refractivity contribution in [2.24, 2.45) is 11.8 Å². The van der Waals surface area contributed by atoms with E-state index in [2.05, 4.69) is 0 Å². The summed E-state index contributed by atoms with van der Waals surface area (Å²) in [5.74, 6) is -2.26. The van der Waals surface area contributed by atoms with Crippen LogP contribution in [0.5, 0.6) is 0 Å². The van der Waals surface area contributed by atoms with Crippen LogP contribution in [-0.2, 0) is 19.8 Å². The molecule has 2 bridgehead atoms. The molecule has 7 rings (SSSR count). The maximum Gasteiger partial charge on any atom is 0.239 e. The molecule has 5 heteroatoms. The molecule has 0 saturated carbocycles. The topological polar surface area (TPSA) is 54.5 Å². The lowest BCUT2D eigenvalue weighted by Gasteiger charge is -2.51. The first kappa shape index (κ1) is 17.6. The van der Waals surface area contributed by atoms with Gasteiger partial charge in [0.05, 0.1) is 22.9 Å². The summed E-state index contributed by atoms with van der Waals surface area (Å²) in [4.78, 5) is 41.5. The Balaban J connectivity index is 1.66. The minimum absolute atomic E-state index is 0.259. The predicted octanol–water partition coefficient (Wildman–Crippen LogP) is 4.09. The summed E-state index contributed by atoms with van der Waals surface area (Å²) >= 11 is 6.14. The van der Waals surface area contributed by atoms with Crippen LogP contribution in [0, 0.1) is 11.8 Å². The van der Waals surface area contributed by atoms with Crippen LogP contribution in [0.3, 0.4) is 0 Å². The second-order valence-corrected chi connectivity index (χ2v) is 8.57. The van der Waals surface area contributed by atoms with Gasteiger partial charge in [0.2, 0.25) is 11.8 Å². The van der Waals surface area contributed by atoms with Crippen molar-refractivity contribution < 1.29 is 14.4 Å². The van der Waals surface area contributed by atoms with E-state index in [0.29, 0.717) is 10.7 Å². The average molecular weight is 414 g/mol. The van der Waals surface area contributed by atoms with E-state index in [1.807, 2.05) is 48.5 Å². The molecule has 3 aromatic carbocycles. The number of hydrogen-bond donors (Lipinski definition) is 0. The quantitative estimate of drug-likeness (QED) is 0.469. The smallest absolute Gasteiger partial charge is 0.239 e. The van der Waals surface area contributed by atoms with Crippen LogP contribution in [0.25, 0.3) is 0 Å². The summed E-state index contributed by atoms with van der Waals surface area (Å²) in [6.45, 7) is 0. The first-order chi connectivity index (χ1) is 14.6. The highest BCUT2D eigenvalue weighted by Gasteiger charge is 2.68.